The van der Waals surface area contributed by atoms with Crippen molar-refractivity contribution in [2.24, 2.45) is 0 Å². The van der Waals surface area contributed by atoms with Crippen LogP contribution < -0.4 is 0 Å². The van der Waals surface area contributed by atoms with Crippen LogP contribution in [-0.4, -0.2) is 39.3 Å². The van der Waals surface area contributed by atoms with Crippen molar-refractivity contribution in [3.05, 3.63) is 36.5 Å². The average Bonchev–Trinajstić information content (AvgIpc) is 2.50. The SMILES string of the molecule is CCC=CC(=O)O.CCC=CC(=O)O.CCC=CC(=O)O.N=C=O. The number of nitrogens with one attached hydrogen (secondary N) is 1. The second-order valence-corrected chi connectivity index (χ2v) is 3.55. The highest BCUT2D eigenvalue weighted by Gasteiger charge is 1.80. The van der Waals surface area contributed by atoms with E-state index in [1.54, 1.807) is 18.2 Å². The van der Waals surface area contributed by atoms with Crippen molar-refractivity contribution in [3.63, 3.8) is 0 Å². The zero-order chi connectivity index (χ0) is 19.8. The van der Waals surface area contributed by atoms with E-state index in [0.29, 0.717) is 0 Å². The molecule has 0 amide bonds. The van der Waals surface area contributed by atoms with Crippen molar-refractivity contribution in [1.82, 2.24) is 0 Å². The lowest BCUT2D eigenvalue weighted by molar-refractivity contribution is -0.132. The molecule has 0 spiro atoms. The number of hydrogen-bond acceptors (Lipinski definition) is 5. The predicted molar refractivity (Wildman–Crippen MR) is 89.6 cm³/mol. The molecule has 0 unspecified atom stereocenters. The Morgan fingerprint density at radius 1 is 0.750 bits per heavy atom. The van der Waals surface area contributed by atoms with E-state index >= 15 is 0 Å². The van der Waals surface area contributed by atoms with E-state index in [1.165, 1.54) is 0 Å². The van der Waals surface area contributed by atoms with E-state index in [2.05, 4.69) is 0 Å². The third-order valence-corrected chi connectivity index (χ3v) is 1.49. The maximum atomic E-state index is 9.67. The summed E-state index contributed by atoms with van der Waals surface area (Å²) in [5, 5.41) is 29.3. The van der Waals surface area contributed by atoms with Gasteiger partial charge in [-0.1, -0.05) is 39.0 Å². The van der Waals surface area contributed by atoms with E-state index in [9.17, 15) is 14.4 Å². The lowest BCUT2D eigenvalue weighted by atomic mass is 10.4. The van der Waals surface area contributed by atoms with Crippen molar-refractivity contribution >= 4 is 24.0 Å². The molecule has 0 rings (SSSR count). The largest absolute Gasteiger partial charge is 0.478 e. The minimum absolute atomic E-state index is 0.750. The number of carbonyl (C=O) groups is 3. The van der Waals surface area contributed by atoms with Gasteiger partial charge in [-0.3, -0.25) is 0 Å². The van der Waals surface area contributed by atoms with Gasteiger partial charge < -0.3 is 15.3 Å². The molecule has 8 heteroatoms. The molecule has 0 heterocycles. The molecule has 0 saturated carbocycles. The number of carboxylic acid groups (broad SMARTS) is 3. The highest BCUT2D eigenvalue weighted by Crippen LogP contribution is 1.78. The fourth-order valence-corrected chi connectivity index (χ4v) is 0.656. The molecular weight excluding hydrogens is 318 g/mol. The van der Waals surface area contributed by atoms with Crippen molar-refractivity contribution < 1.29 is 34.5 Å². The fraction of sp³-hybridized carbons (Fsp3) is 0.375. The van der Waals surface area contributed by atoms with Gasteiger partial charge >= 0.3 is 17.9 Å². The van der Waals surface area contributed by atoms with Gasteiger partial charge in [-0.25, -0.2) is 24.6 Å². The molecule has 0 aliphatic carbocycles. The topological polar surface area (TPSA) is 153 Å². The Bertz CT molecular complexity index is 388. The lowest BCUT2D eigenvalue weighted by Crippen LogP contribution is -1.84. The van der Waals surface area contributed by atoms with Gasteiger partial charge in [0, 0.05) is 18.2 Å². The smallest absolute Gasteiger partial charge is 0.327 e. The van der Waals surface area contributed by atoms with Gasteiger partial charge in [0.2, 0.25) is 6.08 Å². The standard InChI is InChI=1S/3C5H8O2.CHNO/c3*1-2-3-4-5(6)7;2-1-3/h3*3-4H,2H2,1H3,(H,6,7);2H. The second kappa shape index (κ2) is 28.2. The summed E-state index contributed by atoms with van der Waals surface area (Å²) in [5.41, 5.74) is 0. The summed E-state index contributed by atoms with van der Waals surface area (Å²) in [6.45, 7) is 5.66. The molecule has 0 fully saturated rings. The summed E-state index contributed by atoms with van der Waals surface area (Å²) in [6, 6.07) is 0. The third-order valence-electron chi connectivity index (χ3n) is 1.49. The van der Waals surface area contributed by atoms with Gasteiger partial charge in [0.1, 0.15) is 0 Å². The Labute approximate surface area is 141 Å². The van der Waals surface area contributed by atoms with Crippen molar-refractivity contribution in [1.29, 1.82) is 5.41 Å². The number of rotatable bonds is 6. The molecule has 8 nitrogen and oxygen atoms in total. The van der Waals surface area contributed by atoms with Crippen LogP contribution >= 0.6 is 0 Å². The van der Waals surface area contributed by atoms with Crippen LogP contribution in [0.4, 0.5) is 0 Å². The Hall–Kier alpha value is -2.99. The number of hydrogen-bond donors (Lipinski definition) is 4. The van der Waals surface area contributed by atoms with Crippen molar-refractivity contribution in [2.45, 2.75) is 40.0 Å². The van der Waals surface area contributed by atoms with Crippen LogP contribution in [0.5, 0.6) is 0 Å². The molecule has 24 heavy (non-hydrogen) atoms. The summed E-state index contributed by atoms with van der Waals surface area (Å²) in [6.07, 6.45) is 11.3. The van der Waals surface area contributed by atoms with E-state index < -0.39 is 17.9 Å². The summed E-state index contributed by atoms with van der Waals surface area (Å²) >= 11 is 0. The molecular formula is C16H25NO7. The molecule has 0 aliphatic rings. The maximum Gasteiger partial charge on any atom is 0.327 e. The average molecular weight is 343 g/mol. The minimum atomic E-state index is -0.873. The van der Waals surface area contributed by atoms with Gasteiger partial charge in [0.15, 0.2) is 0 Å². The first kappa shape index (κ1) is 29.1. The van der Waals surface area contributed by atoms with Crippen LogP contribution in [0, 0.1) is 5.41 Å². The summed E-state index contributed by atoms with van der Waals surface area (Å²) < 4.78 is 0. The van der Waals surface area contributed by atoms with Gasteiger partial charge in [-0.15, -0.1) is 0 Å². The molecule has 0 aliphatic heterocycles. The highest BCUT2D eigenvalue weighted by atomic mass is 16.4. The monoisotopic (exact) mass is 343 g/mol. The Morgan fingerprint density at radius 2 is 0.917 bits per heavy atom. The van der Waals surface area contributed by atoms with Crippen LogP contribution in [0.25, 0.3) is 0 Å². The van der Waals surface area contributed by atoms with Gasteiger partial charge in [0.25, 0.3) is 0 Å². The van der Waals surface area contributed by atoms with Gasteiger partial charge in [-0.2, -0.15) is 0 Å². The van der Waals surface area contributed by atoms with Crippen molar-refractivity contribution in [2.75, 3.05) is 0 Å². The molecule has 0 saturated heterocycles. The molecule has 4 N–H and O–H groups in total. The van der Waals surface area contributed by atoms with E-state index in [-0.39, 0.29) is 0 Å². The van der Waals surface area contributed by atoms with Crippen LogP contribution in [-0.2, 0) is 19.2 Å². The molecule has 136 valence electrons. The van der Waals surface area contributed by atoms with Crippen LogP contribution in [0.15, 0.2) is 36.5 Å². The number of aliphatic carboxylic acids is 3. The Kier molecular flexibility index (Phi) is 34.2. The quantitative estimate of drug-likeness (QED) is 0.328. The molecule has 0 radical (unpaired) electrons. The first-order chi connectivity index (χ1) is 11.2. The van der Waals surface area contributed by atoms with Crippen LogP contribution in [0.2, 0.25) is 0 Å². The molecule has 0 aromatic carbocycles. The van der Waals surface area contributed by atoms with E-state index in [1.807, 2.05) is 20.8 Å². The molecule has 0 atom stereocenters. The minimum Gasteiger partial charge on any atom is -0.478 e. The summed E-state index contributed by atoms with van der Waals surface area (Å²) in [7, 11) is 0. The van der Waals surface area contributed by atoms with E-state index in [0.717, 1.165) is 43.6 Å². The second-order valence-electron chi connectivity index (χ2n) is 3.55. The third kappa shape index (κ3) is 76.0. The van der Waals surface area contributed by atoms with Crippen LogP contribution in [0.3, 0.4) is 0 Å². The number of carbonyl (C=O) groups excluding carboxylic acids is 1. The molecule has 0 aromatic rings. The fourth-order valence-electron chi connectivity index (χ4n) is 0.656. The zero-order valence-corrected chi connectivity index (χ0v) is 14.1. The van der Waals surface area contributed by atoms with E-state index in [4.69, 9.17) is 25.5 Å². The van der Waals surface area contributed by atoms with Crippen LogP contribution in [0.1, 0.15) is 40.0 Å². The normalized spacial score (nSPS) is 8.96. The maximum absolute atomic E-state index is 9.67. The number of allylic oxidation sites excluding steroid dienone is 3. The summed E-state index contributed by atoms with van der Waals surface area (Å²) in [4.78, 5) is 37.4. The Balaban J connectivity index is -0.000000115. The highest BCUT2D eigenvalue weighted by molar-refractivity contribution is 5.80. The van der Waals surface area contributed by atoms with Gasteiger partial charge in [0.05, 0.1) is 0 Å². The zero-order valence-electron chi connectivity index (χ0n) is 14.1. The summed E-state index contributed by atoms with van der Waals surface area (Å²) in [5.74, 6) is -2.62. The first-order valence-electron chi connectivity index (χ1n) is 6.95. The molecule has 0 aromatic heterocycles. The lowest BCUT2D eigenvalue weighted by Gasteiger charge is -1.73. The van der Waals surface area contributed by atoms with Crippen molar-refractivity contribution in [3.8, 4) is 0 Å². The predicted octanol–water partition coefficient (Wildman–Crippen LogP) is 3.01. The Morgan fingerprint density at radius 3 is 0.958 bits per heavy atom. The number of isocyanates is 1. The van der Waals surface area contributed by atoms with Gasteiger partial charge in [-0.05, 0) is 19.3 Å². The first-order valence-corrected chi connectivity index (χ1v) is 6.95. The molecule has 0 bridgehead atoms. The number of carboxylic acids is 3.